The third-order valence-corrected chi connectivity index (χ3v) is 6.16. The van der Waals surface area contributed by atoms with E-state index in [1.54, 1.807) is 11.8 Å². The summed E-state index contributed by atoms with van der Waals surface area (Å²) in [5.74, 6) is 0.975. The largest absolute Gasteiger partial charge is 0.379 e. The SMILES string of the molecule is CC(c1ccccc1)N1CSC(=S)N(CCN2CCOCC2)C1. The molecule has 1 aromatic carbocycles. The van der Waals surface area contributed by atoms with Crippen LogP contribution >= 0.6 is 24.0 Å². The maximum Gasteiger partial charge on any atom is 0.138 e. The number of thiocarbonyl (C=S) groups is 1. The third kappa shape index (κ3) is 4.67. The smallest absolute Gasteiger partial charge is 0.138 e. The van der Waals surface area contributed by atoms with Crippen LogP contribution < -0.4 is 0 Å². The van der Waals surface area contributed by atoms with Crippen molar-refractivity contribution in [2.45, 2.75) is 13.0 Å². The Hall–Kier alpha value is -0.660. The molecule has 0 saturated carbocycles. The standard InChI is InChI=1S/C17H25N3OS2/c1-15(16-5-3-2-4-6-16)20-13-19(17(22)23-14-20)8-7-18-9-11-21-12-10-18/h2-6,15H,7-14H2,1H3. The molecule has 2 fully saturated rings. The van der Waals surface area contributed by atoms with Gasteiger partial charge in [-0.05, 0) is 12.5 Å². The van der Waals surface area contributed by atoms with Gasteiger partial charge in [-0.2, -0.15) is 0 Å². The predicted molar refractivity (Wildman–Crippen MR) is 101 cm³/mol. The fraction of sp³-hybridized carbons (Fsp3) is 0.588. The quantitative estimate of drug-likeness (QED) is 0.754. The number of benzene rings is 1. The van der Waals surface area contributed by atoms with Crippen LogP contribution in [-0.2, 0) is 4.74 Å². The highest BCUT2D eigenvalue weighted by Gasteiger charge is 2.26. The third-order valence-electron chi connectivity index (χ3n) is 4.58. The Morgan fingerprint density at radius 1 is 1.17 bits per heavy atom. The van der Waals surface area contributed by atoms with Gasteiger partial charge in [0.05, 0.1) is 25.8 Å². The number of rotatable bonds is 5. The van der Waals surface area contributed by atoms with Crippen molar-refractivity contribution in [2.75, 3.05) is 51.9 Å². The molecule has 0 aliphatic carbocycles. The second-order valence-electron chi connectivity index (χ2n) is 6.07. The molecule has 0 N–H and O–H groups in total. The van der Waals surface area contributed by atoms with Gasteiger partial charge in [0.25, 0.3) is 0 Å². The monoisotopic (exact) mass is 351 g/mol. The molecule has 1 aromatic rings. The zero-order valence-electron chi connectivity index (χ0n) is 13.7. The minimum absolute atomic E-state index is 0.415. The molecule has 0 aromatic heterocycles. The van der Waals surface area contributed by atoms with Crippen LogP contribution in [0, 0.1) is 0 Å². The van der Waals surface area contributed by atoms with Gasteiger partial charge in [-0.3, -0.25) is 9.80 Å². The van der Waals surface area contributed by atoms with Crippen LogP contribution in [0.15, 0.2) is 30.3 Å². The minimum Gasteiger partial charge on any atom is -0.379 e. The second kappa shape index (κ2) is 8.44. The topological polar surface area (TPSA) is 19.0 Å². The summed E-state index contributed by atoms with van der Waals surface area (Å²) in [4.78, 5) is 7.31. The molecule has 0 amide bonds. The number of nitrogens with zero attached hydrogens (tertiary/aromatic N) is 3. The summed E-state index contributed by atoms with van der Waals surface area (Å²) in [6.45, 7) is 9.07. The lowest BCUT2D eigenvalue weighted by molar-refractivity contribution is 0.0338. The van der Waals surface area contributed by atoms with E-state index in [4.69, 9.17) is 17.0 Å². The Bertz CT molecular complexity index is 508. The average molecular weight is 352 g/mol. The second-order valence-corrected chi connectivity index (χ2v) is 7.65. The summed E-state index contributed by atoms with van der Waals surface area (Å²) in [5.41, 5.74) is 1.37. The first kappa shape index (κ1) is 17.2. The van der Waals surface area contributed by atoms with Gasteiger partial charge in [-0.25, -0.2) is 0 Å². The Kier molecular flexibility index (Phi) is 6.30. The van der Waals surface area contributed by atoms with Crippen LogP contribution in [0.5, 0.6) is 0 Å². The zero-order chi connectivity index (χ0) is 16.1. The van der Waals surface area contributed by atoms with E-state index in [2.05, 4.69) is 52.0 Å². The van der Waals surface area contributed by atoms with Crippen molar-refractivity contribution in [1.29, 1.82) is 0 Å². The fourth-order valence-corrected chi connectivity index (χ4v) is 4.19. The minimum atomic E-state index is 0.415. The van der Waals surface area contributed by atoms with E-state index in [9.17, 15) is 0 Å². The Balaban J connectivity index is 1.54. The maximum absolute atomic E-state index is 5.57. The van der Waals surface area contributed by atoms with E-state index in [0.717, 1.165) is 56.3 Å². The summed E-state index contributed by atoms with van der Waals surface area (Å²) in [7, 11) is 0. The van der Waals surface area contributed by atoms with Crippen molar-refractivity contribution in [3.05, 3.63) is 35.9 Å². The van der Waals surface area contributed by atoms with Gasteiger partial charge in [0.1, 0.15) is 4.32 Å². The maximum atomic E-state index is 5.57. The van der Waals surface area contributed by atoms with Crippen LogP contribution in [0.25, 0.3) is 0 Å². The molecule has 2 saturated heterocycles. The predicted octanol–water partition coefficient (Wildman–Crippen LogP) is 2.63. The summed E-state index contributed by atoms with van der Waals surface area (Å²) < 4.78 is 6.45. The van der Waals surface area contributed by atoms with Crippen LogP contribution in [0.2, 0.25) is 0 Å². The number of ether oxygens (including phenoxy) is 1. The lowest BCUT2D eigenvalue weighted by Gasteiger charge is -2.40. The molecule has 126 valence electrons. The molecule has 4 nitrogen and oxygen atoms in total. The lowest BCUT2D eigenvalue weighted by Crippen LogP contribution is -2.49. The molecular formula is C17H25N3OS2. The first-order chi connectivity index (χ1) is 11.2. The average Bonchev–Trinajstić information content (AvgIpc) is 2.62. The molecule has 1 atom stereocenters. The summed E-state index contributed by atoms with van der Waals surface area (Å²) in [6.07, 6.45) is 0. The Morgan fingerprint density at radius 2 is 1.91 bits per heavy atom. The molecule has 6 heteroatoms. The van der Waals surface area contributed by atoms with Gasteiger partial charge in [0, 0.05) is 32.2 Å². The van der Waals surface area contributed by atoms with Crippen molar-refractivity contribution in [2.24, 2.45) is 0 Å². The molecule has 0 radical (unpaired) electrons. The Morgan fingerprint density at radius 3 is 2.65 bits per heavy atom. The van der Waals surface area contributed by atoms with Gasteiger partial charge in [0.2, 0.25) is 0 Å². The van der Waals surface area contributed by atoms with Crippen molar-refractivity contribution >= 4 is 28.3 Å². The molecular weight excluding hydrogens is 326 g/mol. The van der Waals surface area contributed by atoms with Crippen LogP contribution in [0.1, 0.15) is 18.5 Å². The summed E-state index contributed by atoms with van der Waals surface area (Å²) in [6, 6.07) is 11.1. The van der Waals surface area contributed by atoms with Gasteiger partial charge >= 0.3 is 0 Å². The number of hydrogen-bond donors (Lipinski definition) is 0. The van der Waals surface area contributed by atoms with Gasteiger partial charge in [-0.15, -0.1) is 0 Å². The van der Waals surface area contributed by atoms with Crippen LogP contribution in [-0.4, -0.2) is 71.0 Å². The molecule has 3 rings (SSSR count). The highest BCUT2D eigenvalue weighted by molar-refractivity contribution is 8.22. The lowest BCUT2D eigenvalue weighted by atomic mass is 10.1. The number of thioether (sulfide) groups is 1. The summed E-state index contributed by atoms with van der Waals surface area (Å²) >= 11 is 7.35. The van der Waals surface area contributed by atoms with E-state index in [1.165, 1.54) is 5.56 Å². The van der Waals surface area contributed by atoms with E-state index >= 15 is 0 Å². The van der Waals surface area contributed by atoms with Crippen molar-refractivity contribution in [1.82, 2.24) is 14.7 Å². The van der Waals surface area contributed by atoms with Crippen molar-refractivity contribution in [3.63, 3.8) is 0 Å². The van der Waals surface area contributed by atoms with Crippen molar-refractivity contribution in [3.8, 4) is 0 Å². The first-order valence-corrected chi connectivity index (χ1v) is 9.64. The van der Waals surface area contributed by atoms with Gasteiger partial charge in [-0.1, -0.05) is 54.3 Å². The number of hydrogen-bond acceptors (Lipinski definition) is 5. The fourth-order valence-electron chi connectivity index (χ4n) is 2.97. The zero-order valence-corrected chi connectivity index (χ0v) is 15.3. The van der Waals surface area contributed by atoms with Gasteiger partial charge in [0.15, 0.2) is 0 Å². The molecule has 2 aliphatic rings. The van der Waals surface area contributed by atoms with Crippen LogP contribution in [0.4, 0.5) is 0 Å². The van der Waals surface area contributed by atoms with Gasteiger partial charge < -0.3 is 9.64 Å². The number of morpholine rings is 1. The van der Waals surface area contributed by atoms with Crippen LogP contribution in [0.3, 0.4) is 0 Å². The highest BCUT2D eigenvalue weighted by atomic mass is 32.2. The highest BCUT2D eigenvalue weighted by Crippen LogP contribution is 2.27. The normalized spacial score (nSPS) is 22.3. The van der Waals surface area contributed by atoms with E-state index < -0.39 is 0 Å². The summed E-state index contributed by atoms with van der Waals surface area (Å²) in [5, 5.41) is 0. The Labute approximate surface area is 148 Å². The molecule has 2 heterocycles. The molecule has 2 aliphatic heterocycles. The van der Waals surface area contributed by atoms with E-state index in [0.29, 0.717) is 6.04 Å². The molecule has 0 bridgehead atoms. The van der Waals surface area contributed by atoms with E-state index in [-0.39, 0.29) is 0 Å². The molecule has 1 unspecified atom stereocenters. The molecule has 0 spiro atoms. The first-order valence-electron chi connectivity index (χ1n) is 8.25. The molecule has 23 heavy (non-hydrogen) atoms. The van der Waals surface area contributed by atoms with E-state index in [1.807, 2.05) is 0 Å². The van der Waals surface area contributed by atoms with Crippen molar-refractivity contribution < 1.29 is 4.74 Å².